The third kappa shape index (κ3) is 1.85. The number of ether oxygens (including phenoxy) is 1. The van der Waals surface area contributed by atoms with E-state index in [0.717, 1.165) is 37.5 Å². The van der Waals surface area contributed by atoms with Crippen molar-refractivity contribution in [2.75, 3.05) is 36.9 Å². The van der Waals surface area contributed by atoms with E-state index in [-0.39, 0.29) is 0 Å². The second-order valence-corrected chi connectivity index (χ2v) is 3.64. The molecule has 1 fully saturated rings. The lowest BCUT2D eigenvalue weighted by molar-refractivity contribution is 0.122. The molecule has 0 unspecified atom stereocenters. The van der Waals surface area contributed by atoms with Crippen LogP contribution in [0.3, 0.4) is 0 Å². The molecule has 1 saturated heterocycles. The quantitative estimate of drug-likeness (QED) is 0.473. The van der Waals surface area contributed by atoms with Gasteiger partial charge in [-0.1, -0.05) is 5.46 Å². The van der Waals surface area contributed by atoms with E-state index in [0.29, 0.717) is 0 Å². The van der Waals surface area contributed by atoms with E-state index in [1.165, 1.54) is 5.69 Å². The second kappa shape index (κ2) is 3.92. The summed E-state index contributed by atoms with van der Waals surface area (Å²) < 4.78 is 5.31. The normalized spacial score (nSPS) is 17.0. The summed E-state index contributed by atoms with van der Waals surface area (Å²) in [6.45, 7) is 3.60. The molecule has 3 nitrogen and oxygen atoms in total. The summed E-state index contributed by atoms with van der Waals surface area (Å²) in [6.07, 6.45) is 0. The summed E-state index contributed by atoms with van der Waals surface area (Å²) in [4.78, 5) is 2.33. The SMILES string of the molecule is Bc1cc(N2CCOCC2)ccc1N. The first kappa shape index (κ1) is 9.40. The summed E-state index contributed by atoms with van der Waals surface area (Å²) in [5.74, 6) is 0. The first-order valence-electron chi connectivity index (χ1n) is 4.96. The number of hydrogen-bond acceptors (Lipinski definition) is 3. The fourth-order valence-corrected chi connectivity index (χ4v) is 1.68. The molecule has 0 bridgehead atoms. The van der Waals surface area contributed by atoms with Crippen LogP contribution in [0.15, 0.2) is 18.2 Å². The molecule has 0 aliphatic carbocycles. The number of nitrogens with zero attached hydrogens (tertiary/aromatic N) is 1. The number of anilines is 2. The topological polar surface area (TPSA) is 38.5 Å². The molecule has 74 valence electrons. The number of morpholine rings is 1. The average molecular weight is 190 g/mol. The molecule has 0 saturated carbocycles. The van der Waals surface area contributed by atoms with Crippen molar-refractivity contribution in [1.82, 2.24) is 0 Å². The largest absolute Gasteiger partial charge is 0.399 e. The standard InChI is InChI=1S/C10H15BN2O/c11-9-7-8(1-2-10(9)12)13-3-5-14-6-4-13/h1-2,7H,3-6,11-12H2. The minimum Gasteiger partial charge on any atom is -0.399 e. The van der Waals surface area contributed by atoms with Gasteiger partial charge in [-0.2, -0.15) is 0 Å². The summed E-state index contributed by atoms with van der Waals surface area (Å²) in [5, 5.41) is 0. The lowest BCUT2D eigenvalue weighted by Gasteiger charge is -2.29. The third-order valence-corrected chi connectivity index (χ3v) is 2.63. The van der Waals surface area contributed by atoms with Crippen molar-refractivity contribution < 1.29 is 4.74 Å². The van der Waals surface area contributed by atoms with E-state index < -0.39 is 0 Å². The van der Waals surface area contributed by atoms with Crippen LogP contribution in [0.5, 0.6) is 0 Å². The molecule has 0 radical (unpaired) electrons. The van der Waals surface area contributed by atoms with Crippen molar-refractivity contribution in [3.05, 3.63) is 18.2 Å². The molecular weight excluding hydrogens is 175 g/mol. The molecule has 1 aromatic rings. The molecule has 0 aromatic heterocycles. The first-order chi connectivity index (χ1) is 6.77. The van der Waals surface area contributed by atoms with Crippen LogP contribution in [0.4, 0.5) is 11.4 Å². The van der Waals surface area contributed by atoms with Gasteiger partial charge < -0.3 is 15.4 Å². The highest BCUT2D eigenvalue weighted by atomic mass is 16.5. The summed E-state index contributed by atoms with van der Waals surface area (Å²) in [7, 11) is 2.04. The Bertz CT molecular complexity index is 324. The van der Waals surface area contributed by atoms with Crippen LogP contribution in [0.25, 0.3) is 0 Å². The lowest BCUT2D eigenvalue weighted by Crippen LogP contribution is -2.36. The Morgan fingerprint density at radius 1 is 1.29 bits per heavy atom. The van der Waals surface area contributed by atoms with Crippen molar-refractivity contribution in [3.8, 4) is 0 Å². The summed E-state index contributed by atoms with van der Waals surface area (Å²) in [6, 6.07) is 6.19. The molecule has 1 heterocycles. The highest BCUT2D eigenvalue weighted by Crippen LogP contribution is 2.15. The van der Waals surface area contributed by atoms with E-state index in [1.54, 1.807) is 0 Å². The van der Waals surface area contributed by atoms with Crippen molar-refractivity contribution in [1.29, 1.82) is 0 Å². The van der Waals surface area contributed by atoms with Crippen LogP contribution in [0.1, 0.15) is 0 Å². The predicted octanol–water partition coefficient (Wildman–Crippen LogP) is -0.636. The van der Waals surface area contributed by atoms with Crippen LogP contribution in [-0.2, 0) is 4.74 Å². The van der Waals surface area contributed by atoms with Crippen molar-refractivity contribution in [2.24, 2.45) is 0 Å². The van der Waals surface area contributed by atoms with Crippen molar-refractivity contribution in [2.45, 2.75) is 0 Å². The number of hydrogen-bond donors (Lipinski definition) is 1. The summed E-state index contributed by atoms with van der Waals surface area (Å²) >= 11 is 0. The van der Waals surface area contributed by atoms with E-state index in [1.807, 2.05) is 13.9 Å². The Morgan fingerprint density at radius 2 is 2.00 bits per heavy atom. The van der Waals surface area contributed by atoms with Gasteiger partial charge in [-0.3, -0.25) is 0 Å². The minimum absolute atomic E-state index is 0.823. The van der Waals surface area contributed by atoms with Gasteiger partial charge >= 0.3 is 0 Å². The van der Waals surface area contributed by atoms with Crippen LogP contribution < -0.4 is 16.1 Å². The molecule has 4 heteroatoms. The molecule has 1 aliphatic heterocycles. The molecular formula is C10H15BN2O. The Kier molecular flexibility index (Phi) is 2.63. The van der Waals surface area contributed by atoms with E-state index in [9.17, 15) is 0 Å². The second-order valence-electron chi connectivity index (χ2n) is 3.64. The highest BCUT2D eigenvalue weighted by Gasteiger charge is 2.11. The molecule has 1 aromatic carbocycles. The van der Waals surface area contributed by atoms with Crippen LogP contribution >= 0.6 is 0 Å². The number of nitrogen functional groups attached to an aromatic ring is 1. The van der Waals surface area contributed by atoms with Gasteiger partial charge in [0.2, 0.25) is 0 Å². The van der Waals surface area contributed by atoms with E-state index >= 15 is 0 Å². The average Bonchev–Trinajstić information content (AvgIpc) is 2.23. The van der Waals surface area contributed by atoms with Gasteiger partial charge in [0.05, 0.1) is 13.2 Å². The van der Waals surface area contributed by atoms with Gasteiger partial charge in [-0.05, 0) is 18.2 Å². The summed E-state index contributed by atoms with van der Waals surface area (Å²) in [5.41, 5.74) is 9.04. The minimum atomic E-state index is 0.823. The van der Waals surface area contributed by atoms with Crippen LogP contribution in [0, 0.1) is 0 Å². The predicted molar refractivity (Wildman–Crippen MR) is 62.1 cm³/mol. The molecule has 14 heavy (non-hydrogen) atoms. The van der Waals surface area contributed by atoms with E-state index in [2.05, 4.69) is 17.0 Å². The molecule has 1 aliphatic rings. The van der Waals surface area contributed by atoms with Gasteiger partial charge in [-0.15, -0.1) is 0 Å². The van der Waals surface area contributed by atoms with Gasteiger partial charge in [0.25, 0.3) is 0 Å². The Labute approximate surface area is 85.3 Å². The Balaban J connectivity index is 2.18. The molecule has 2 rings (SSSR count). The van der Waals surface area contributed by atoms with Gasteiger partial charge in [0.1, 0.15) is 7.85 Å². The maximum Gasteiger partial charge on any atom is 0.142 e. The number of rotatable bonds is 1. The fourth-order valence-electron chi connectivity index (χ4n) is 1.68. The molecule has 0 atom stereocenters. The monoisotopic (exact) mass is 190 g/mol. The number of nitrogens with two attached hydrogens (primary N) is 1. The van der Waals surface area contributed by atoms with Gasteiger partial charge in [0.15, 0.2) is 0 Å². The molecule has 2 N–H and O–H groups in total. The van der Waals surface area contributed by atoms with Gasteiger partial charge in [-0.25, -0.2) is 0 Å². The smallest absolute Gasteiger partial charge is 0.142 e. The maximum atomic E-state index is 5.78. The highest BCUT2D eigenvalue weighted by molar-refractivity contribution is 6.35. The molecule has 0 spiro atoms. The third-order valence-electron chi connectivity index (χ3n) is 2.63. The zero-order valence-electron chi connectivity index (χ0n) is 8.49. The van der Waals surface area contributed by atoms with Crippen LogP contribution in [-0.4, -0.2) is 34.1 Å². The van der Waals surface area contributed by atoms with Crippen LogP contribution in [0.2, 0.25) is 0 Å². The fraction of sp³-hybridized carbons (Fsp3) is 0.400. The Hall–Kier alpha value is -1.16. The lowest BCUT2D eigenvalue weighted by atomic mass is 9.93. The van der Waals surface area contributed by atoms with E-state index in [4.69, 9.17) is 10.5 Å². The maximum absolute atomic E-state index is 5.78. The zero-order chi connectivity index (χ0) is 9.97. The van der Waals surface area contributed by atoms with Crippen molar-refractivity contribution >= 4 is 24.7 Å². The zero-order valence-corrected chi connectivity index (χ0v) is 8.49. The number of benzene rings is 1. The Morgan fingerprint density at radius 3 is 2.64 bits per heavy atom. The first-order valence-corrected chi connectivity index (χ1v) is 4.96. The van der Waals surface area contributed by atoms with Gasteiger partial charge in [0, 0.05) is 24.5 Å². The molecule has 0 amide bonds. The van der Waals surface area contributed by atoms with Crippen molar-refractivity contribution in [3.63, 3.8) is 0 Å².